The molecule has 1 saturated heterocycles. The molecule has 0 unspecified atom stereocenters. The van der Waals surface area contributed by atoms with Crippen LogP contribution in [-0.4, -0.2) is 64.5 Å². The number of hydrogen-bond acceptors (Lipinski definition) is 7. The third-order valence-electron chi connectivity index (χ3n) is 6.96. The summed E-state index contributed by atoms with van der Waals surface area (Å²) in [5.41, 5.74) is 4.75. The van der Waals surface area contributed by atoms with Crippen LogP contribution in [0.25, 0.3) is 22.2 Å². The average molecular weight is 560 g/mol. The predicted octanol–water partition coefficient (Wildman–Crippen LogP) is 4.83. The Bertz CT molecular complexity index is 1610. The third kappa shape index (κ3) is 5.43. The van der Waals surface area contributed by atoms with Gasteiger partial charge in [0.1, 0.15) is 5.75 Å². The number of nitrogens with one attached hydrogen (secondary N) is 2. The number of hydrogen-bond donors (Lipinski definition) is 2. The van der Waals surface area contributed by atoms with Gasteiger partial charge in [-0.15, -0.1) is 0 Å². The fourth-order valence-corrected chi connectivity index (χ4v) is 5.04. The van der Waals surface area contributed by atoms with Crippen molar-refractivity contribution in [1.82, 2.24) is 19.4 Å². The lowest BCUT2D eigenvalue weighted by Crippen LogP contribution is -2.48. The number of nitrogens with zero attached hydrogens (tertiary/aromatic N) is 5. The van der Waals surface area contributed by atoms with Gasteiger partial charge in [-0.3, -0.25) is 9.59 Å². The molecule has 206 valence electrons. The number of halogens is 1. The van der Waals surface area contributed by atoms with Gasteiger partial charge in [0.25, 0.3) is 0 Å². The maximum absolute atomic E-state index is 11.8. The molecule has 2 aromatic heterocycles. The van der Waals surface area contributed by atoms with Gasteiger partial charge in [-0.25, -0.2) is 9.97 Å². The zero-order valence-corrected chi connectivity index (χ0v) is 23.3. The van der Waals surface area contributed by atoms with Crippen LogP contribution in [-0.2, 0) is 16.6 Å². The van der Waals surface area contributed by atoms with Crippen molar-refractivity contribution in [1.29, 1.82) is 0 Å². The van der Waals surface area contributed by atoms with Crippen molar-refractivity contribution in [2.75, 3.05) is 48.8 Å². The zero-order chi connectivity index (χ0) is 28.4. The molecule has 10 nitrogen and oxygen atoms in total. The molecule has 0 saturated carbocycles. The van der Waals surface area contributed by atoms with Gasteiger partial charge in [-0.2, -0.15) is 0 Å². The molecule has 0 bridgehead atoms. The number of methoxy groups -OCH3 is 1. The van der Waals surface area contributed by atoms with Crippen LogP contribution >= 0.6 is 11.6 Å². The van der Waals surface area contributed by atoms with Crippen LogP contribution in [0, 0.1) is 0 Å². The summed E-state index contributed by atoms with van der Waals surface area (Å²) in [6.07, 6.45) is 4.77. The highest BCUT2D eigenvalue weighted by Gasteiger charge is 2.21. The van der Waals surface area contributed by atoms with Gasteiger partial charge in [0.05, 0.1) is 35.2 Å². The van der Waals surface area contributed by atoms with Crippen molar-refractivity contribution in [2.24, 2.45) is 7.05 Å². The normalized spacial score (nSPS) is 13.3. The number of benzene rings is 2. The van der Waals surface area contributed by atoms with Crippen LogP contribution in [0.2, 0.25) is 5.02 Å². The maximum atomic E-state index is 11.8. The number of carbonyl (C=O) groups excluding carboxylic acids is 2. The Labute approximate surface area is 237 Å². The molecule has 0 atom stereocenters. The van der Waals surface area contributed by atoms with E-state index in [1.807, 2.05) is 18.1 Å². The summed E-state index contributed by atoms with van der Waals surface area (Å²) in [5.74, 6) is 0.669. The lowest BCUT2D eigenvalue weighted by molar-refractivity contribution is -0.129. The summed E-state index contributed by atoms with van der Waals surface area (Å²) in [6, 6.07) is 11.5. The first kappa shape index (κ1) is 27.0. The smallest absolute Gasteiger partial charge is 0.247 e. The van der Waals surface area contributed by atoms with E-state index in [1.165, 1.54) is 6.08 Å². The highest BCUT2D eigenvalue weighted by Crippen LogP contribution is 2.36. The molecule has 2 amide bonds. The summed E-state index contributed by atoms with van der Waals surface area (Å²) in [6.45, 7) is 8.11. The minimum Gasteiger partial charge on any atom is -0.495 e. The monoisotopic (exact) mass is 559 g/mol. The number of fused-ring (bicyclic) bond motifs is 1. The molecule has 11 heteroatoms. The van der Waals surface area contributed by atoms with Crippen LogP contribution in [0.5, 0.6) is 5.75 Å². The molecule has 40 heavy (non-hydrogen) atoms. The molecule has 2 aromatic carbocycles. The maximum Gasteiger partial charge on any atom is 0.247 e. The van der Waals surface area contributed by atoms with Crippen molar-refractivity contribution in [3.05, 3.63) is 66.5 Å². The number of piperazine rings is 1. The van der Waals surface area contributed by atoms with E-state index in [0.29, 0.717) is 46.9 Å². The Balaban J connectivity index is 1.45. The Kier molecular flexibility index (Phi) is 7.61. The molecule has 1 aliphatic rings. The lowest BCUT2D eigenvalue weighted by Gasteiger charge is -2.35. The summed E-state index contributed by atoms with van der Waals surface area (Å²) >= 11 is 6.61. The first-order valence-electron chi connectivity index (χ1n) is 12.8. The van der Waals surface area contributed by atoms with Crippen molar-refractivity contribution in [3.63, 3.8) is 0 Å². The molecular formula is C29H30ClN7O3. The number of amides is 2. The second kappa shape index (κ2) is 11.3. The fraction of sp³-hybridized carbons (Fsp3) is 0.241. The van der Waals surface area contributed by atoms with Gasteiger partial charge >= 0.3 is 0 Å². The van der Waals surface area contributed by atoms with Crippen molar-refractivity contribution >= 4 is 57.3 Å². The van der Waals surface area contributed by atoms with Gasteiger partial charge in [0, 0.05) is 68.7 Å². The first-order chi connectivity index (χ1) is 19.3. The minimum absolute atomic E-state index is 0.114. The number of carbonyl (C=O) groups is 2. The Morgan fingerprint density at radius 3 is 2.60 bits per heavy atom. The highest BCUT2D eigenvalue weighted by molar-refractivity contribution is 6.33. The van der Waals surface area contributed by atoms with E-state index in [9.17, 15) is 9.59 Å². The van der Waals surface area contributed by atoms with Gasteiger partial charge < -0.3 is 29.7 Å². The molecule has 0 aliphatic carbocycles. The molecule has 5 rings (SSSR count). The Morgan fingerprint density at radius 1 is 1.12 bits per heavy atom. The van der Waals surface area contributed by atoms with E-state index < -0.39 is 0 Å². The summed E-state index contributed by atoms with van der Waals surface area (Å²) in [4.78, 5) is 36.8. The largest absolute Gasteiger partial charge is 0.495 e. The van der Waals surface area contributed by atoms with Crippen molar-refractivity contribution in [3.8, 4) is 17.0 Å². The Hall–Kier alpha value is -4.57. The van der Waals surface area contributed by atoms with Gasteiger partial charge in [-0.05, 0) is 36.4 Å². The number of aryl methyl sites for hydroxylation is 1. The van der Waals surface area contributed by atoms with E-state index in [2.05, 4.69) is 49.9 Å². The standard InChI is InChI=1S/C29H30ClN7O3/c1-5-27(39)32-19-6-9-26(40-4)24(14-19)33-29-31-16-23(30)28(34-29)22-17-35(3)25-15-20(7-8-21(22)25)37-12-10-36(11-13-37)18(2)38/h5-9,14-17H,1,10-13H2,2-4H3,(H,32,39)(H,31,33,34). The molecule has 1 fully saturated rings. The van der Waals surface area contributed by atoms with Gasteiger partial charge in [0.15, 0.2) is 0 Å². The number of ether oxygens (including phenoxy) is 1. The average Bonchev–Trinajstić information content (AvgIpc) is 3.29. The number of rotatable bonds is 7. The predicted molar refractivity (Wildman–Crippen MR) is 159 cm³/mol. The van der Waals surface area contributed by atoms with Gasteiger partial charge in [0.2, 0.25) is 17.8 Å². The fourth-order valence-electron chi connectivity index (χ4n) is 4.85. The van der Waals surface area contributed by atoms with Crippen LogP contribution in [0.3, 0.4) is 0 Å². The quantitative estimate of drug-likeness (QED) is 0.312. The highest BCUT2D eigenvalue weighted by atomic mass is 35.5. The Morgan fingerprint density at radius 2 is 1.90 bits per heavy atom. The van der Waals surface area contributed by atoms with Crippen LogP contribution in [0.4, 0.5) is 23.0 Å². The molecule has 4 aromatic rings. The topological polar surface area (TPSA) is 105 Å². The third-order valence-corrected chi connectivity index (χ3v) is 7.24. The van der Waals surface area contributed by atoms with E-state index in [0.717, 1.165) is 35.2 Å². The molecular weight excluding hydrogens is 530 g/mol. The molecule has 2 N–H and O–H groups in total. The lowest BCUT2D eigenvalue weighted by atomic mass is 10.1. The number of aromatic nitrogens is 3. The SMILES string of the molecule is C=CC(=O)Nc1ccc(OC)c(Nc2ncc(Cl)c(-c3cn(C)c4cc(N5CCN(C(C)=O)CC5)ccc34)n2)c1. The molecule has 3 heterocycles. The van der Waals surface area contributed by atoms with Crippen LogP contribution < -0.4 is 20.3 Å². The minimum atomic E-state index is -0.321. The van der Waals surface area contributed by atoms with Crippen molar-refractivity contribution < 1.29 is 14.3 Å². The number of anilines is 4. The molecule has 0 radical (unpaired) electrons. The van der Waals surface area contributed by atoms with Crippen molar-refractivity contribution in [2.45, 2.75) is 6.92 Å². The second-order valence-electron chi connectivity index (χ2n) is 9.47. The summed E-state index contributed by atoms with van der Waals surface area (Å²) in [5, 5.41) is 7.35. The first-order valence-corrected chi connectivity index (χ1v) is 13.2. The van der Waals surface area contributed by atoms with Crippen LogP contribution in [0.1, 0.15) is 6.92 Å². The van der Waals surface area contributed by atoms with Gasteiger partial charge in [-0.1, -0.05) is 24.2 Å². The second-order valence-corrected chi connectivity index (χ2v) is 9.88. The van der Waals surface area contributed by atoms with E-state index in [4.69, 9.17) is 21.3 Å². The van der Waals surface area contributed by atoms with E-state index in [1.54, 1.807) is 38.4 Å². The zero-order valence-electron chi connectivity index (χ0n) is 22.6. The molecule has 0 spiro atoms. The van der Waals surface area contributed by atoms with Crippen LogP contribution in [0.15, 0.2) is 61.4 Å². The van der Waals surface area contributed by atoms with E-state index >= 15 is 0 Å². The van der Waals surface area contributed by atoms with E-state index in [-0.39, 0.29) is 11.8 Å². The molecule has 1 aliphatic heterocycles. The summed E-state index contributed by atoms with van der Waals surface area (Å²) < 4.78 is 7.53. The summed E-state index contributed by atoms with van der Waals surface area (Å²) in [7, 11) is 3.55.